The number of rotatable bonds is 2. The summed E-state index contributed by atoms with van der Waals surface area (Å²) in [6.07, 6.45) is 1.13. The average molecular weight is 150 g/mol. The predicted octanol–water partition coefficient (Wildman–Crippen LogP) is 1.61. The fourth-order valence-electron chi connectivity index (χ4n) is 0.878. The molecule has 1 heterocycles. The standard InChI is InChI=1S/C8H10N2O/c1-3-8-10-7(4-5-9)6(2)11-8/h3-4H2,1-2H3. The Balaban J connectivity index is 2.90. The van der Waals surface area contributed by atoms with Gasteiger partial charge in [-0.3, -0.25) is 0 Å². The van der Waals surface area contributed by atoms with Crippen LogP contribution in [0.4, 0.5) is 0 Å². The van der Waals surface area contributed by atoms with Crippen molar-refractivity contribution < 1.29 is 4.42 Å². The highest BCUT2D eigenvalue weighted by Crippen LogP contribution is 2.10. The molecule has 0 atom stereocenters. The van der Waals surface area contributed by atoms with Gasteiger partial charge in [-0.15, -0.1) is 0 Å². The summed E-state index contributed by atoms with van der Waals surface area (Å²) in [5, 5.41) is 8.39. The first-order chi connectivity index (χ1) is 5.27. The molecule has 0 N–H and O–H groups in total. The van der Waals surface area contributed by atoms with Gasteiger partial charge >= 0.3 is 0 Å². The molecule has 0 aliphatic carbocycles. The quantitative estimate of drug-likeness (QED) is 0.643. The summed E-state index contributed by atoms with van der Waals surface area (Å²) in [6, 6.07) is 2.04. The van der Waals surface area contributed by atoms with E-state index in [9.17, 15) is 0 Å². The summed E-state index contributed by atoms with van der Waals surface area (Å²) in [5.74, 6) is 1.48. The van der Waals surface area contributed by atoms with E-state index in [1.165, 1.54) is 0 Å². The molecule has 0 spiro atoms. The fraction of sp³-hybridized carbons (Fsp3) is 0.500. The van der Waals surface area contributed by atoms with Crippen LogP contribution in [0.3, 0.4) is 0 Å². The molecule has 1 aromatic rings. The van der Waals surface area contributed by atoms with Gasteiger partial charge in [-0.2, -0.15) is 5.26 Å². The van der Waals surface area contributed by atoms with Crippen LogP contribution in [0.1, 0.15) is 24.3 Å². The lowest BCUT2D eigenvalue weighted by Gasteiger charge is -1.82. The second-order valence-electron chi connectivity index (χ2n) is 2.30. The van der Waals surface area contributed by atoms with E-state index < -0.39 is 0 Å². The molecule has 11 heavy (non-hydrogen) atoms. The molecule has 0 fully saturated rings. The predicted molar refractivity (Wildman–Crippen MR) is 39.9 cm³/mol. The number of oxazole rings is 1. The average Bonchev–Trinajstić information content (AvgIpc) is 2.33. The van der Waals surface area contributed by atoms with Gasteiger partial charge in [0.15, 0.2) is 5.89 Å². The molecule has 0 radical (unpaired) electrons. The van der Waals surface area contributed by atoms with Crippen molar-refractivity contribution in [2.24, 2.45) is 0 Å². The van der Waals surface area contributed by atoms with E-state index in [0.717, 1.165) is 17.9 Å². The Hall–Kier alpha value is -1.30. The van der Waals surface area contributed by atoms with Gasteiger partial charge in [-0.05, 0) is 6.92 Å². The molecular formula is C8H10N2O. The third-order valence-corrected chi connectivity index (χ3v) is 1.49. The zero-order valence-electron chi connectivity index (χ0n) is 6.72. The topological polar surface area (TPSA) is 49.8 Å². The Kier molecular flexibility index (Phi) is 2.27. The molecule has 0 unspecified atom stereocenters. The highest BCUT2D eigenvalue weighted by Gasteiger charge is 2.06. The van der Waals surface area contributed by atoms with Crippen molar-refractivity contribution in [3.8, 4) is 6.07 Å². The van der Waals surface area contributed by atoms with Gasteiger partial charge < -0.3 is 4.42 Å². The summed E-state index contributed by atoms with van der Waals surface area (Å²) in [6.45, 7) is 3.81. The van der Waals surface area contributed by atoms with E-state index in [2.05, 4.69) is 4.98 Å². The molecule has 3 heteroatoms. The highest BCUT2D eigenvalue weighted by molar-refractivity contribution is 5.12. The summed E-state index contributed by atoms with van der Waals surface area (Å²) in [5.41, 5.74) is 0.768. The van der Waals surface area contributed by atoms with Crippen molar-refractivity contribution in [3.05, 3.63) is 17.3 Å². The molecule has 0 aliphatic heterocycles. The Morgan fingerprint density at radius 1 is 1.64 bits per heavy atom. The van der Waals surface area contributed by atoms with E-state index in [1.807, 2.05) is 19.9 Å². The first kappa shape index (κ1) is 7.80. The van der Waals surface area contributed by atoms with Crippen LogP contribution in [-0.4, -0.2) is 4.98 Å². The Morgan fingerprint density at radius 2 is 2.36 bits per heavy atom. The number of aryl methyl sites for hydroxylation is 2. The lowest BCUT2D eigenvalue weighted by molar-refractivity contribution is 0.476. The number of hydrogen-bond donors (Lipinski definition) is 0. The molecular weight excluding hydrogens is 140 g/mol. The second kappa shape index (κ2) is 3.20. The van der Waals surface area contributed by atoms with Gasteiger partial charge in [0.2, 0.25) is 0 Å². The molecule has 0 bridgehead atoms. The molecule has 0 saturated heterocycles. The van der Waals surface area contributed by atoms with Crippen LogP contribution in [0.15, 0.2) is 4.42 Å². The SMILES string of the molecule is CCc1nc(CC#N)c(C)o1. The van der Waals surface area contributed by atoms with Crippen molar-refractivity contribution in [2.75, 3.05) is 0 Å². The van der Waals surface area contributed by atoms with Crippen LogP contribution in [-0.2, 0) is 12.8 Å². The third-order valence-electron chi connectivity index (χ3n) is 1.49. The van der Waals surface area contributed by atoms with Crippen LogP contribution in [0, 0.1) is 18.3 Å². The van der Waals surface area contributed by atoms with Crippen LogP contribution in [0.5, 0.6) is 0 Å². The number of nitrogens with zero attached hydrogens (tertiary/aromatic N) is 2. The molecule has 1 aromatic heterocycles. The largest absolute Gasteiger partial charge is 0.446 e. The Morgan fingerprint density at radius 3 is 2.82 bits per heavy atom. The first-order valence-electron chi connectivity index (χ1n) is 3.60. The number of nitriles is 1. The van der Waals surface area contributed by atoms with Crippen molar-refractivity contribution in [1.29, 1.82) is 5.26 Å². The molecule has 0 saturated carbocycles. The number of hydrogen-bond acceptors (Lipinski definition) is 3. The van der Waals surface area contributed by atoms with Crippen LogP contribution in [0.2, 0.25) is 0 Å². The maximum absolute atomic E-state index is 8.39. The molecule has 58 valence electrons. The van der Waals surface area contributed by atoms with E-state index >= 15 is 0 Å². The summed E-state index contributed by atoms with van der Waals surface area (Å²) in [4.78, 5) is 4.13. The normalized spacial score (nSPS) is 9.55. The fourth-order valence-corrected chi connectivity index (χ4v) is 0.878. The van der Waals surface area contributed by atoms with E-state index in [-0.39, 0.29) is 0 Å². The van der Waals surface area contributed by atoms with E-state index in [4.69, 9.17) is 9.68 Å². The molecule has 1 rings (SSSR count). The summed E-state index contributed by atoms with van der Waals surface area (Å²) >= 11 is 0. The van der Waals surface area contributed by atoms with Crippen molar-refractivity contribution in [3.63, 3.8) is 0 Å². The van der Waals surface area contributed by atoms with Crippen LogP contribution in [0.25, 0.3) is 0 Å². The smallest absolute Gasteiger partial charge is 0.194 e. The minimum absolute atomic E-state index is 0.343. The van der Waals surface area contributed by atoms with Gasteiger partial charge in [-0.25, -0.2) is 4.98 Å². The summed E-state index contributed by atoms with van der Waals surface area (Å²) < 4.78 is 5.25. The molecule has 3 nitrogen and oxygen atoms in total. The van der Waals surface area contributed by atoms with Gasteiger partial charge in [-0.1, -0.05) is 6.92 Å². The van der Waals surface area contributed by atoms with Gasteiger partial charge in [0.05, 0.1) is 18.2 Å². The number of aromatic nitrogens is 1. The summed E-state index contributed by atoms with van der Waals surface area (Å²) in [7, 11) is 0. The zero-order chi connectivity index (χ0) is 8.27. The highest BCUT2D eigenvalue weighted by atomic mass is 16.4. The van der Waals surface area contributed by atoms with E-state index in [0.29, 0.717) is 12.3 Å². The molecule has 0 aromatic carbocycles. The molecule has 0 amide bonds. The minimum atomic E-state index is 0.343. The monoisotopic (exact) mass is 150 g/mol. The van der Waals surface area contributed by atoms with Crippen molar-refractivity contribution in [1.82, 2.24) is 4.98 Å². The first-order valence-corrected chi connectivity index (χ1v) is 3.60. The lowest BCUT2D eigenvalue weighted by Crippen LogP contribution is -1.84. The Labute approximate surface area is 65.7 Å². The van der Waals surface area contributed by atoms with Gasteiger partial charge in [0.1, 0.15) is 5.76 Å². The Bertz CT molecular complexity index is 283. The lowest BCUT2D eigenvalue weighted by atomic mass is 10.3. The maximum Gasteiger partial charge on any atom is 0.194 e. The van der Waals surface area contributed by atoms with Crippen LogP contribution < -0.4 is 0 Å². The maximum atomic E-state index is 8.39. The second-order valence-corrected chi connectivity index (χ2v) is 2.30. The van der Waals surface area contributed by atoms with Crippen molar-refractivity contribution in [2.45, 2.75) is 26.7 Å². The van der Waals surface area contributed by atoms with Crippen LogP contribution >= 0.6 is 0 Å². The zero-order valence-corrected chi connectivity index (χ0v) is 6.72. The van der Waals surface area contributed by atoms with E-state index in [1.54, 1.807) is 0 Å². The van der Waals surface area contributed by atoms with Gasteiger partial charge in [0, 0.05) is 6.42 Å². The minimum Gasteiger partial charge on any atom is -0.446 e. The third kappa shape index (κ3) is 1.58. The van der Waals surface area contributed by atoms with Crippen molar-refractivity contribution >= 4 is 0 Å². The molecule has 0 aliphatic rings. The van der Waals surface area contributed by atoms with Gasteiger partial charge in [0.25, 0.3) is 0 Å².